The average molecular weight is 441 g/mol. The maximum atomic E-state index is 12.8. The normalized spacial score (nSPS) is 11.3. The standard InChI is InChI=1S/C17H17ClN4O2S3/c1-9(2)19-12(23)8-26-16-20-14-13(15(24)21(16)3)27-17(25)22(14)11-6-4-10(18)5-7-11/h4-7,9H,8H2,1-3H3,(H,19,23). The number of aromatic nitrogens is 3. The number of hydrogen-bond acceptors (Lipinski definition) is 6. The van der Waals surface area contributed by atoms with Gasteiger partial charge in [-0.15, -0.1) is 0 Å². The number of carbonyl (C=O) groups is 1. The Bertz CT molecular complexity index is 1120. The molecule has 10 heteroatoms. The molecule has 142 valence electrons. The summed E-state index contributed by atoms with van der Waals surface area (Å²) in [6.45, 7) is 3.79. The van der Waals surface area contributed by atoms with Crippen LogP contribution in [0.1, 0.15) is 13.8 Å². The van der Waals surface area contributed by atoms with Crippen molar-refractivity contribution < 1.29 is 4.79 Å². The quantitative estimate of drug-likeness (QED) is 0.371. The van der Waals surface area contributed by atoms with Crippen molar-refractivity contribution in [3.05, 3.63) is 43.6 Å². The van der Waals surface area contributed by atoms with Crippen molar-refractivity contribution in [2.75, 3.05) is 5.75 Å². The molecule has 3 rings (SSSR count). The van der Waals surface area contributed by atoms with Crippen molar-refractivity contribution in [2.24, 2.45) is 7.05 Å². The molecule has 0 atom stereocenters. The van der Waals surface area contributed by atoms with E-state index in [-0.39, 0.29) is 23.3 Å². The molecule has 27 heavy (non-hydrogen) atoms. The molecule has 0 spiro atoms. The van der Waals surface area contributed by atoms with E-state index in [2.05, 4.69) is 10.3 Å². The maximum absolute atomic E-state index is 12.8. The second-order valence-electron chi connectivity index (χ2n) is 6.10. The Morgan fingerprint density at radius 1 is 1.37 bits per heavy atom. The second-order valence-corrected chi connectivity index (χ2v) is 9.13. The Morgan fingerprint density at radius 2 is 2.04 bits per heavy atom. The molecule has 1 aromatic carbocycles. The van der Waals surface area contributed by atoms with E-state index in [9.17, 15) is 9.59 Å². The third-order valence-corrected chi connectivity index (χ3v) is 6.27. The first-order chi connectivity index (χ1) is 12.8. The molecule has 0 saturated heterocycles. The number of hydrogen-bond donors (Lipinski definition) is 1. The summed E-state index contributed by atoms with van der Waals surface area (Å²) in [4.78, 5) is 29.3. The molecule has 0 aliphatic rings. The SMILES string of the molecule is CC(C)NC(=O)CSc1nc2c(sc(=S)n2-c2ccc(Cl)cc2)c(=O)n1C. The summed E-state index contributed by atoms with van der Waals surface area (Å²) in [6.07, 6.45) is 0. The van der Waals surface area contributed by atoms with Crippen molar-refractivity contribution in [1.29, 1.82) is 0 Å². The molecule has 6 nitrogen and oxygen atoms in total. The zero-order chi connectivity index (χ0) is 19.7. The molecule has 2 aromatic heterocycles. The van der Waals surface area contributed by atoms with Gasteiger partial charge in [0.1, 0.15) is 4.70 Å². The van der Waals surface area contributed by atoms with Crippen LogP contribution in [0.25, 0.3) is 16.0 Å². The highest BCUT2D eigenvalue weighted by molar-refractivity contribution is 7.99. The van der Waals surface area contributed by atoms with E-state index in [0.29, 0.717) is 24.5 Å². The van der Waals surface area contributed by atoms with Gasteiger partial charge >= 0.3 is 0 Å². The van der Waals surface area contributed by atoms with Crippen molar-refractivity contribution >= 4 is 63.2 Å². The Hall–Kier alpha value is -1.68. The van der Waals surface area contributed by atoms with Crippen LogP contribution in [0.3, 0.4) is 0 Å². The largest absolute Gasteiger partial charge is 0.353 e. The van der Waals surface area contributed by atoms with Gasteiger partial charge in [0, 0.05) is 23.8 Å². The fourth-order valence-electron chi connectivity index (χ4n) is 2.45. The van der Waals surface area contributed by atoms with Crippen LogP contribution < -0.4 is 10.9 Å². The van der Waals surface area contributed by atoms with Gasteiger partial charge in [-0.2, -0.15) is 0 Å². The van der Waals surface area contributed by atoms with E-state index in [0.717, 1.165) is 5.69 Å². The van der Waals surface area contributed by atoms with E-state index in [1.54, 1.807) is 23.7 Å². The lowest BCUT2D eigenvalue weighted by atomic mass is 10.3. The summed E-state index contributed by atoms with van der Waals surface area (Å²) >= 11 is 13.9. The van der Waals surface area contributed by atoms with Gasteiger partial charge in [-0.3, -0.25) is 18.7 Å². The summed E-state index contributed by atoms with van der Waals surface area (Å²) in [7, 11) is 1.65. The van der Waals surface area contributed by atoms with Crippen LogP contribution >= 0.6 is 46.9 Å². The number of fused-ring (bicyclic) bond motifs is 1. The lowest BCUT2D eigenvalue weighted by Gasteiger charge is -2.10. The first-order valence-electron chi connectivity index (χ1n) is 8.08. The smallest absolute Gasteiger partial charge is 0.273 e. The monoisotopic (exact) mass is 440 g/mol. The third-order valence-electron chi connectivity index (χ3n) is 3.64. The number of amides is 1. The lowest BCUT2D eigenvalue weighted by Crippen LogP contribution is -2.31. The highest BCUT2D eigenvalue weighted by Gasteiger charge is 2.17. The predicted molar refractivity (Wildman–Crippen MR) is 114 cm³/mol. The maximum Gasteiger partial charge on any atom is 0.273 e. The molecule has 1 N–H and O–H groups in total. The highest BCUT2D eigenvalue weighted by atomic mass is 35.5. The zero-order valence-corrected chi connectivity index (χ0v) is 18.1. The number of rotatable bonds is 5. The third kappa shape index (κ3) is 4.26. The Labute approximate surface area is 174 Å². The van der Waals surface area contributed by atoms with Gasteiger partial charge in [-0.1, -0.05) is 34.7 Å². The molecule has 0 aliphatic carbocycles. The highest BCUT2D eigenvalue weighted by Crippen LogP contribution is 2.26. The molecule has 0 unspecified atom stereocenters. The Kier molecular flexibility index (Phi) is 6.05. The van der Waals surface area contributed by atoms with Crippen molar-refractivity contribution in [3.8, 4) is 5.69 Å². The predicted octanol–water partition coefficient (Wildman–Crippen LogP) is 3.79. The van der Waals surface area contributed by atoms with Crippen molar-refractivity contribution in [3.63, 3.8) is 0 Å². The van der Waals surface area contributed by atoms with E-state index in [4.69, 9.17) is 23.8 Å². The van der Waals surface area contributed by atoms with E-state index < -0.39 is 0 Å². The van der Waals surface area contributed by atoms with Crippen LogP contribution in [-0.2, 0) is 11.8 Å². The van der Waals surface area contributed by atoms with Gasteiger partial charge in [-0.05, 0) is 50.3 Å². The second kappa shape index (κ2) is 8.14. The summed E-state index contributed by atoms with van der Waals surface area (Å²) < 4.78 is 4.21. The Balaban J connectivity index is 2.07. The lowest BCUT2D eigenvalue weighted by molar-refractivity contribution is -0.119. The fourth-order valence-corrected chi connectivity index (χ4v) is 4.70. The molecular weight excluding hydrogens is 424 g/mol. The molecule has 2 heterocycles. The van der Waals surface area contributed by atoms with Crippen molar-refractivity contribution in [2.45, 2.75) is 25.0 Å². The molecular formula is C17H17ClN4O2S3. The van der Waals surface area contributed by atoms with Crippen LogP contribution in [0.4, 0.5) is 0 Å². The van der Waals surface area contributed by atoms with E-state index >= 15 is 0 Å². The topological polar surface area (TPSA) is 68.9 Å². The molecule has 3 aromatic rings. The van der Waals surface area contributed by atoms with Gasteiger partial charge in [0.25, 0.3) is 5.56 Å². The molecule has 0 fully saturated rings. The van der Waals surface area contributed by atoms with Gasteiger partial charge < -0.3 is 5.32 Å². The van der Waals surface area contributed by atoms with Crippen LogP contribution in [-0.4, -0.2) is 31.8 Å². The molecule has 0 saturated carbocycles. The minimum atomic E-state index is -0.185. The number of carbonyl (C=O) groups excluding carboxylic acids is 1. The number of thiazole rings is 1. The van der Waals surface area contributed by atoms with E-state index in [1.807, 2.05) is 26.0 Å². The van der Waals surface area contributed by atoms with Crippen LogP contribution in [0, 0.1) is 3.95 Å². The van der Waals surface area contributed by atoms with Crippen LogP contribution in [0.5, 0.6) is 0 Å². The first kappa shape index (κ1) is 20.1. The summed E-state index contributed by atoms with van der Waals surface area (Å²) in [5, 5.41) is 3.90. The van der Waals surface area contributed by atoms with Crippen LogP contribution in [0.15, 0.2) is 34.2 Å². The van der Waals surface area contributed by atoms with Crippen LogP contribution in [0.2, 0.25) is 5.02 Å². The van der Waals surface area contributed by atoms with E-state index in [1.165, 1.54) is 27.7 Å². The minimum Gasteiger partial charge on any atom is -0.353 e. The first-order valence-corrected chi connectivity index (χ1v) is 10.7. The fraction of sp³-hybridized carbons (Fsp3) is 0.294. The van der Waals surface area contributed by atoms with Crippen molar-refractivity contribution in [1.82, 2.24) is 19.4 Å². The number of thioether (sulfide) groups is 1. The average Bonchev–Trinajstić information content (AvgIpc) is 2.93. The molecule has 0 bridgehead atoms. The summed E-state index contributed by atoms with van der Waals surface area (Å²) in [5.41, 5.74) is 1.09. The molecule has 1 amide bonds. The van der Waals surface area contributed by atoms with Gasteiger partial charge in [0.05, 0.1) is 5.75 Å². The number of halogens is 1. The number of nitrogens with zero attached hydrogens (tertiary/aromatic N) is 3. The molecule has 0 aliphatic heterocycles. The number of benzene rings is 1. The minimum absolute atomic E-state index is 0.0593. The summed E-state index contributed by atoms with van der Waals surface area (Å²) in [6, 6.07) is 7.23. The van der Waals surface area contributed by atoms with Gasteiger partial charge in [-0.25, -0.2) is 4.98 Å². The summed E-state index contributed by atoms with van der Waals surface area (Å²) in [5.74, 6) is 0.0691. The Morgan fingerprint density at radius 3 is 2.67 bits per heavy atom. The van der Waals surface area contributed by atoms with Gasteiger partial charge in [0.2, 0.25) is 5.91 Å². The zero-order valence-electron chi connectivity index (χ0n) is 14.9. The molecule has 0 radical (unpaired) electrons. The number of nitrogens with one attached hydrogen (secondary N) is 1. The van der Waals surface area contributed by atoms with Gasteiger partial charge in [0.15, 0.2) is 14.8 Å².